The molecule has 0 aromatic heterocycles. The molecule has 2 aliphatic rings. The highest BCUT2D eigenvalue weighted by Gasteiger charge is 2.25. The van der Waals surface area contributed by atoms with Crippen molar-refractivity contribution >= 4 is 23.7 Å². The van der Waals surface area contributed by atoms with Crippen LogP contribution in [0.1, 0.15) is 39.5 Å². The number of carboxylic acid groups (broad SMARTS) is 1. The van der Waals surface area contributed by atoms with Crippen LogP contribution < -0.4 is 21.7 Å². The number of hydrogen-bond donors (Lipinski definition) is 5. The van der Waals surface area contributed by atoms with E-state index in [-0.39, 0.29) is 18.0 Å². The number of amides is 3. The van der Waals surface area contributed by atoms with E-state index in [1.807, 2.05) is 12.2 Å². The normalized spacial score (nSPS) is 25.0. The standard InChI is InChI=1S/C22H30N4O5/c1-13(27)24-18-9-5-16(6-10-18)12-20(22(30)31)26-21(29)19(25-14(2)28)11-15-3-7-17(23)8-4-15/h3,5,7,9,11-12,17-20H,4,6,8,10,23H2,1-2H3,(H,24,27)(H,25,28)(H,26,29)(H,30,31)/b15-11-,16-12+/t17-,18-,19-,20-/m0/s1. The zero-order valence-electron chi connectivity index (χ0n) is 17.8. The van der Waals surface area contributed by atoms with Gasteiger partial charge in [0, 0.05) is 25.9 Å². The molecule has 0 saturated carbocycles. The molecule has 6 N–H and O–H groups in total. The van der Waals surface area contributed by atoms with E-state index in [0.717, 1.165) is 17.6 Å². The number of carbonyl (C=O) groups excluding carboxylic acids is 3. The molecular formula is C22H30N4O5. The van der Waals surface area contributed by atoms with Crippen LogP contribution in [0.4, 0.5) is 0 Å². The first-order chi connectivity index (χ1) is 14.6. The molecule has 0 aromatic carbocycles. The van der Waals surface area contributed by atoms with Gasteiger partial charge in [-0.25, -0.2) is 4.79 Å². The van der Waals surface area contributed by atoms with Gasteiger partial charge in [-0.3, -0.25) is 14.4 Å². The summed E-state index contributed by atoms with van der Waals surface area (Å²) in [7, 11) is 0. The molecule has 0 fully saturated rings. The van der Waals surface area contributed by atoms with Gasteiger partial charge in [-0.1, -0.05) is 24.3 Å². The van der Waals surface area contributed by atoms with Gasteiger partial charge in [-0.15, -0.1) is 0 Å². The Morgan fingerprint density at radius 3 is 2.06 bits per heavy atom. The van der Waals surface area contributed by atoms with Crippen molar-refractivity contribution in [2.24, 2.45) is 5.73 Å². The van der Waals surface area contributed by atoms with Crippen LogP contribution in [0.25, 0.3) is 0 Å². The van der Waals surface area contributed by atoms with Crippen molar-refractivity contribution in [3.63, 3.8) is 0 Å². The van der Waals surface area contributed by atoms with Gasteiger partial charge >= 0.3 is 5.97 Å². The van der Waals surface area contributed by atoms with Crippen LogP contribution in [0.15, 0.2) is 47.6 Å². The van der Waals surface area contributed by atoms with Gasteiger partial charge in [0.15, 0.2) is 0 Å². The topological polar surface area (TPSA) is 151 Å². The number of carboxylic acids is 1. The van der Waals surface area contributed by atoms with Crippen LogP contribution in [0.5, 0.6) is 0 Å². The lowest BCUT2D eigenvalue weighted by Crippen LogP contribution is -2.50. The minimum absolute atomic E-state index is 0.0398. The summed E-state index contributed by atoms with van der Waals surface area (Å²) in [5, 5.41) is 17.4. The molecule has 2 rings (SSSR count). The summed E-state index contributed by atoms with van der Waals surface area (Å²) in [6.07, 6.45) is 12.8. The maximum atomic E-state index is 12.8. The Balaban J connectivity index is 2.12. The summed E-state index contributed by atoms with van der Waals surface area (Å²) in [5.41, 5.74) is 7.42. The molecule has 0 bridgehead atoms. The van der Waals surface area contributed by atoms with Crippen LogP contribution in [0.3, 0.4) is 0 Å². The summed E-state index contributed by atoms with van der Waals surface area (Å²) in [4.78, 5) is 47.2. The Kier molecular flexibility index (Phi) is 8.75. The Labute approximate surface area is 181 Å². The summed E-state index contributed by atoms with van der Waals surface area (Å²) in [5.74, 6) is -2.37. The highest BCUT2D eigenvalue weighted by molar-refractivity contribution is 5.92. The second-order valence-corrected chi connectivity index (χ2v) is 7.75. The van der Waals surface area contributed by atoms with Crippen molar-refractivity contribution in [1.29, 1.82) is 0 Å². The smallest absolute Gasteiger partial charge is 0.330 e. The van der Waals surface area contributed by atoms with Gasteiger partial charge in [0.2, 0.25) is 17.7 Å². The lowest BCUT2D eigenvalue weighted by atomic mass is 9.96. The van der Waals surface area contributed by atoms with E-state index >= 15 is 0 Å². The number of nitrogens with two attached hydrogens (primary N) is 1. The number of aliphatic carboxylic acids is 1. The first-order valence-electron chi connectivity index (χ1n) is 10.2. The molecule has 168 valence electrons. The Bertz CT molecular complexity index is 843. The van der Waals surface area contributed by atoms with Gasteiger partial charge in [0.1, 0.15) is 12.1 Å². The molecule has 0 saturated heterocycles. The van der Waals surface area contributed by atoms with Crippen molar-refractivity contribution in [3.8, 4) is 0 Å². The fourth-order valence-corrected chi connectivity index (χ4v) is 3.41. The molecule has 0 aliphatic heterocycles. The molecule has 9 nitrogen and oxygen atoms in total. The van der Waals surface area contributed by atoms with Crippen molar-refractivity contribution < 1.29 is 24.3 Å². The quantitative estimate of drug-likeness (QED) is 0.396. The van der Waals surface area contributed by atoms with Gasteiger partial charge in [0.25, 0.3) is 0 Å². The Morgan fingerprint density at radius 2 is 1.58 bits per heavy atom. The van der Waals surface area contributed by atoms with Gasteiger partial charge in [-0.05, 0) is 49.0 Å². The van der Waals surface area contributed by atoms with Crippen LogP contribution >= 0.6 is 0 Å². The lowest BCUT2D eigenvalue weighted by Gasteiger charge is -2.22. The Morgan fingerprint density at radius 1 is 0.968 bits per heavy atom. The van der Waals surface area contributed by atoms with Gasteiger partial charge in [-0.2, -0.15) is 0 Å². The zero-order valence-corrected chi connectivity index (χ0v) is 17.8. The monoisotopic (exact) mass is 430 g/mol. The summed E-state index contributed by atoms with van der Waals surface area (Å²) in [6, 6.07) is -2.39. The van der Waals surface area contributed by atoms with Crippen LogP contribution in [-0.2, 0) is 19.2 Å². The highest BCUT2D eigenvalue weighted by Crippen LogP contribution is 2.18. The summed E-state index contributed by atoms with van der Waals surface area (Å²) < 4.78 is 0. The van der Waals surface area contributed by atoms with Crippen LogP contribution in [-0.4, -0.2) is 53.0 Å². The van der Waals surface area contributed by atoms with E-state index in [9.17, 15) is 24.3 Å². The first-order valence-corrected chi connectivity index (χ1v) is 10.2. The van der Waals surface area contributed by atoms with Crippen molar-refractivity contribution in [1.82, 2.24) is 16.0 Å². The van der Waals surface area contributed by atoms with Crippen LogP contribution in [0, 0.1) is 0 Å². The molecular weight excluding hydrogens is 400 g/mol. The lowest BCUT2D eigenvalue weighted by molar-refractivity contribution is -0.140. The van der Waals surface area contributed by atoms with E-state index in [0.29, 0.717) is 19.3 Å². The molecule has 0 aromatic rings. The van der Waals surface area contributed by atoms with Crippen molar-refractivity contribution in [2.45, 2.75) is 63.7 Å². The average Bonchev–Trinajstić information content (AvgIpc) is 2.69. The largest absolute Gasteiger partial charge is 0.479 e. The van der Waals surface area contributed by atoms with Gasteiger partial charge in [0.05, 0.1) is 0 Å². The third-order valence-corrected chi connectivity index (χ3v) is 4.97. The predicted molar refractivity (Wildman–Crippen MR) is 116 cm³/mol. The van der Waals surface area contributed by atoms with Gasteiger partial charge < -0.3 is 26.8 Å². The number of hydrogen-bond acceptors (Lipinski definition) is 5. The number of rotatable bonds is 7. The Hall–Kier alpha value is -3.20. The SMILES string of the molecule is CC(=O)N[C@@H](/C=C1/C=C[C@H](N)CC1)C(=O)N[C@@H](/C=C1\C=C[C@H](NC(C)=O)CC1)C(=O)O. The first kappa shape index (κ1) is 24.1. The minimum Gasteiger partial charge on any atom is -0.479 e. The number of carbonyl (C=O) groups is 4. The second kappa shape index (κ2) is 11.3. The maximum Gasteiger partial charge on any atom is 0.330 e. The summed E-state index contributed by atoms with van der Waals surface area (Å²) in [6.45, 7) is 2.73. The van der Waals surface area contributed by atoms with E-state index in [1.54, 1.807) is 18.2 Å². The second-order valence-electron chi connectivity index (χ2n) is 7.75. The average molecular weight is 431 g/mol. The van der Waals surface area contributed by atoms with E-state index in [4.69, 9.17) is 5.73 Å². The third-order valence-electron chi connectivity index (χ3n) is 4.97. The van der Waals surface area contributed by atoms with Crippen molar-refractivity contribution in [2.75, 3.05) is 0 Å². The molecule has 4 atom stereocenters. The van der Waals surface area contributed by atoms with Crippen molar-refractivity contribution in [3.05, 3.63) is 47.6 Å². The van der Waals surface area contributed by atoms with E-state index in [2.05, 4.69) is 16.0 Å². The minimum atomic E-state index is -1.26. The molecule has 3 amide bonds. The summed E-state index contributed by atoms with van der Waals surface area (Å²) >= 11 is 0. The molecule has 9 heteroatoms. The fraction of sp³-hybridized carbons (Fsp3) is 0.455. The molecule has 0 unspecified atom stereocenters. The zero-order chi connectivity index (χ0) is 23.0. The van der Waals surface area contributed by atoms with Crippen LogP contribution in [0.2, 0.25) is 0 Å². The molecule has 2 aliphatic carbocycles. The maximum absolute atomic E-state index is 12.8. The molecule has 0 heterocycles. The number of nitrogens with one attached hydrogen (secondary N) is 3. The highest BCUT2D eigenvalue weighted by atomic mass is 16.4. The molecule has 0 spiro atoms. The fourth-order valence-electron chi connectivity index (χ4n) is 3.41. The molecule has 0 radical (unpaired) electrons. The number of allylic oxidation sites excluding steroid dienone is 4. The third kappa shape index (κ3) is 8.21. The van der Waals surface area contributed by atoms with E-state index in [1.165, 1.54) is 19.9 Å². The van der Waals surface area contributed by atoms with E-state index < -0.39 is 29.9 Å². The molecule has 31 heavy (non-hydrogen) atoms. The predicted octanol–water partition coefficient (Wildman–Crippen LogP) is 0.445.